The number of fused-ring (bicyclic) bond motifs is 1. The first-order valence-electron chi connectivity index (χ1n) is 11.5. The first kappa shape index (κ1) is 26.3. The Morgan fingerprint density at radius 3 is 2.49 bits per heavy atom. The summed E-state index contributed by atoms with van der Waals surface area (Å²) in [5, 5.41) is 15.4. The molecule has 5 rings (SSSR count). The van der Waals surface area contributed by atoms with E-state index in [1.54, 1.807) is 12.1 Å². The fourth-order valence-corrected chi connectivity index (χ4v) is 5.57. The van der Waals surface area contributed by atoms with Gasteiger partial charge in [0, 0.05) is 22.2 Å². The number of imide groups is 2. The highest BCUT2D eigenvalue weighted by molar-refractivity contribution is 9.11. The molecule has 0 aliphatic carbocycles. The van der Waals surface area contributed by atoms with Gasteiger partial charge < -0.3 is 4.74 Å². The number of halogens is 2. The second kappa shape index (κ2) is 10.8. The number of carbonyl (C=O) groups is 3. The predicted octanol–water partition coefficient (Wildman–Crippen LogP) is 6.52. The van der Waals surface area contributed by atoms with Gasteiger partial charge in [0.15, 0.2) is 0 Å². The summed E-state index contributed by atoms with van der Waals surface area (Å²) in [4.78, 5) is 50.0. The highest BCUT2D eigenvalue weighted by Crippen LogP contribution is 2.36. The van der Waals surface area contributed by atoms with Gasteiger partial charge in [-0.05, 0) is 56.5 Å². The van der Waals surface area contributed by atoms with Crippen molar-refractivity contribution in [2.75, 3.05) is 4.90 Å². The van der Waals surface area contributed by atoms with Crippen LogP contribution in [0.2, 0.25) is 0 Å². The van der Waals surface area contributed by atoms with Crippen molar-refractivity contribution in [1.29, 1.82) is 0 Å². The van der Waals surface area contributed by atoms with Crippen molar-refractivity contribution in [2.45, 2.75) is 6.61 Å². The quantitative estimate of drug-likeness (QED) is 0.110. The lowest BCUT2D eigenvalue weighted by Gasteiger charge is -2.26. The number of benzene rings is 4. The summed E-state index contributed by atoms with van der Waals surface area (Å²) in [6, 6.07) is 21.3. The molecule has 39 heavy (non-hydrogen) atoms. The Morgan fingerprint density at radius 2 is 1.69 bits per heavy atom. The van der Waals surface area contributed by atoms with Gasteiger partial charge in [0.25, 0.3) is 17.5 Å². The number of hydrogen-bond acceptors (Lipinski definition) is 6. The number of nitro benzene ring substituents is 1. The van der Waals surface area contributed by atoms with Crippen LogP contribution in [0.15, 0.2) is 93.4 Å². The minimum atomic E-state index is -1.01. The number of hydrogen-bond donors (Lipinski definition) is 1. The molecule has 0 atom stereocenters. The second-order valence-electron chi connectivity index (χ2n) is 8.47. The first-order valence-corrected chi connectivity index (χ1v) is 13.1. The van der Waals surface area contributed by atoms with Crippen LogP contribution in [0.25, 0.3) is 16.8 Å². The first-order chi connectivity index (χ1) is 18.7. The van der Waals surface area contributed by atoms with Gasteiger partial charge in [-0.1, -0.05) is 64.5 Å². The van der Waals surface area contributed by atoms with Crippen molar-refractivity contribution in [1.82, 2.24) is 5.32 Å². The van der Waals surface area contributed by atoms with E-state index in [0.717, 1.165) is 22.4 Å². The number of barbiturate groups is 1. The van der Waals surface area contributed by atoms with Gasteiger partial charge in [-0.3, -0.25) is 25.0 Å². The second-order valence-corrected chi connectivity index (χ2v) is 10.2. The van der Waals surface area contributed by atoms with Crippen LogP contribution in [-0.2, 0) is 16.2 Å². The van der Waals surface area contributed by atoms with Gasteiger partial charge in [0.2, 0.25) is 0 Å². The van der Waals surface area contributed by atoms with Crippen molar-refractivity contribution < 1.29 is 24.0 Å². The van der Waals surface area contributed by atoms with E-state index in [2.05, 4.69) is 37.2 Å². The molecule has 0 aromatic heterocycles. The Balaban J connectivity index is 1.52. The van der Waals surface area contributed by atoms with E-state index in [0.29, 0.717) is 25.2 Å². The molecule has 4 aromatic rings. The Hall–Kier alpha value is -4.35. The molecule has 1 saturated heterocycles. The minimum Gasteiger partial charge on any atom is -0.487 e. The normalized spacial score (nSPS) is 14.6. The monoisotopic (exact) mass is 649 g/mol. The summed E-state index contributed by atoms with van der Waals surface area (Å²) in [5.74, 6) is -1.46. The number of urea groups is 1. The van der Waals surface area contributed by atoms with Crippen molar-refractivity contribution in [2.24, 2.45) is 0 Å². The van der Waals surface area contributed by atoms with Gasteiger partial charge in [-0.25, -0.2) is 9.69 Å². The Kier molecular flexibility index (Phi) is 7.27. The van der Waals surface area contributed by atoms with Crippen molar-refractivity contribution in [3.63, 3.8) is 0 Å². The molecule has 1 fully saturated rings. The number of amides is 4. The Morgan fingerprint density at radius 1 is 0.949 bits per heavy atom. The van der Waals surface area contributed by atoms with E-state index in [1.807, 2.05) is 42.5 Å². The Labute approximate surface area is 238 Å². The number of carbonyl (C=O) groups excluding carboxylic acids is 3. The number of nitrogens with zero attached hydrogens (tertiary/aromatic N) is 2. The van der Waals surface area contributed by atoms with Crippen LogP contribution in [0.5, 0.6) is 5.75 Å². The third-order valence-corrected chi connectivity index (χ3v) is 7.04. The largest absolute Gasteiger partial charge is 0.487 e. The molecule has 0 unspecified atom stereocenters. The summed E-state index contributed by atoms with van der Waals surface area (Å²) < 4.78 is 7.41. The van der Waals surface area contributed by atoms with E-state index in [-0.39, 0.29) is 23.6 Å². The van der Waals surface area contributed by atoms with Crippen molar-refractivity contribution >= 4 is 77.9 Å². The third-order valence-electron chi connectivity index (χ3n) is 5.99. The number of non-ortho nitro benzene ring substituents is 1. The van der Waals surface area contributed by atoms with Gasteiger partial charge in [-0.15, -0.1) is 0 Å². The standard InChI is InChI=1S/C28H17Br2N3O6/c29-19-11-18(25(24(30)13-19)39-15-17-7-3-6-16-5-1-2-10-22(16)17)12-23-26(34)31-28(36)32(27(23)35)20-8-4-9-21(14-20)33(37)38/h1-14H,15H2,(H,31,34,36)/b23-12+. The van der Waals surface area contributed by atoms with E-state index in [1.165, 1.54) is 24.3 Å². The molecule has 1 aliphatic heterocycles. The van der Waals surface area contributed by atoms with E-state index >= 15 is 0 Å². The fraction of sp³-hybridized carbons (Fsp3) is 0.0357. The van der Waals surface area contributed by atoms with Crippen LogP contribution in [0.3, 0.4) is 0 Å². The van der Waals surface area contributed by atoms with Crippen LogP contribution >= 0.6 is 31.9 Å². The van der Waals surface area contributed by atoms with Crippen LogP contribution < -0.4 is 15.0 Å². The average molecular weight is 651 g/mol. The summed E-state index contributed by atoms with van der Waals surface area (Å²) in [6.07, 6.45) is 1.32. The number of ether oxygens (including phenoxy) is 1. The SMILES string of the molecule is O=C1NC(=O)N(c2cccc([N+](=O)[O-])c2)C(=O)/C1=C/c1cc(Br)cc(Br)c1OCc1cccc2ccccc12. The number of nitrogens with one attached hydrogen (secondary N) is 1. The number of nitro groups is 1. The molecular formula is C28H17Br2N3O6. The molecule has 9 nitrogen and oxygen atoms in total. The summed E-state index contributed by atoms with van der Waals surface area (Å²) in [7, 11) is 0. The molecule has 1 heterocycles. The molecule has 0 bridgehead atoms. The van der Waals surface area contributed by atoms with E-state index < -0.39 is 22.8 Å². The summed E-state index contributed by atoms with van der Waals surface area (Å²) in [6.45, 7) is 0.205. The number of rotatable bonds is 6. The zero-order valence-corrected chi connectivity index (χ0v) is 23.1. The molecule has 11 heteroatoms. The molecular weight excluding hydrogens is 634 g/mol. The highest BCUT2D eigenvalue weighted by Gasteiger charge is 2.37. The third kappa shape index (κ3) is 5.31. The van der Waals surface area contributed by atoms with Gasteiger partial charge in [0.05, 0.1) is 15.1 Å². The lowest BCUT2D eigenvalue weighted by molar-refractivity contribution is -0.384. The number of anilines is 1. The topological polar surface area (TPSA) is 119 Å². The summed E-state index contributed by atoms with van der Waals surface area (Å²) >= 11 is 6.92. The molecule has 0 saturated carbocycles. The van der Waals surface area contributed by atoms with Crippen LogP contribution in [-0.4, -0.2) is 22.8 Å². The maximum atomic E-state index is 13.4. The fourth-order valence-electron chi connectivity index (χ4n) is 4.20. The zero-order valence-electron chi connectivity index (χ0n) is 19.9. The molecule has 1 aliphatic rings. The van der Waals surface area contributed by atoms with Gasteiger partial charge in [-0.2, -0.15) is 0 Å². The molecule has 194 valence electrons. The van der Waals surface area contributed by atoms with Crippen LogP contribution in [0, 0.1) is 10.1 Å². The zero-order chi connectivity index (χ0) is 27.7. The van der Waals surface area contributed by atoms with E-state index in [9.17, 15) is 24.5 Å². The molecule has 0 radical (unpaired) electrons. The highest BCUT2D eigenvalue weighted by atomic mass is 79.9. The van der Waals surface area contributed by atoms with E-state index in [4.69, 9.17) is 4.74 Å². The molecule has 4 amide bonds. The molecule has 1 N–H and O–H groups in total. The van der Waals surface area contributed by atoms with Crippen LogP contribution in [0.1, 0.15) is 11.1 Å². The average Bonchev–Trinajstić information content (AvgIpc) is 2.90. The Bertz CT molecular complexity index is 1710. The van der Waals surface area contributed by atoms with Crippen LogP contribution in [0.4, 0.5) is 16.2 Å². The molecule has 0 spiro atoms. The molecule has 4 aromatic carbocycles. The minimum absolute atomic E-state index is 0.0482. The lowest BCUT2D eigenvalue weighted by Crippen LogP contribution is -2.54. The lowest BCUT2D eigenvalue weighted by atomic mass is 10.0. The van der Waals surface area contributed by atoms with Gasteiger partial charge in [0.1, 0.15) is 17.9 Å². The maximum absolute atomic E-state index is 13.4. The van der Waals surface area contributed by atoms with Gasteiger partial charge >= 0.3 is 6.03 Å². The van der Waals surface area contributed by atoms with Crippen molar-refractivity contribution in [3.05, 3.63) is 115 Å². The van der Waals surface area contributed by atoms with Crippen molar-refractivity contribution in [3.8, 4) is 5.75 Å². The smallest absolute Gasteiger partial charge is 0.335 e. The summed E-state index contributed by atoms with van der Waals surface area (Å²) in [5.41, 5.74) is 0.628. The predicted molar refractivity (Wildman–Crippen MR) is 152 cm³/mol. The maximum Gasteiger partial charge on any atom is 0.335 e.